The molecule has 5 nitrogen and oxygen atoms in total. The molecule has 0 radical (unpaired) electrons. The van der Waals surface area contributed by atoms with Crippen molar-refractivity contribution in [1.82, 2.24) is 9.97 Å². The number of carbonyl (C=O) groups excluding carboxylic acids is 1. The van der Waals surface area contributed by atoms with Gasteiger partial charge in [0, 0.05) is 5.69 Å². The number of aryl methyl sites for hydroxylation is 1. The van der Waals surface area contributed by atoms with Gasteiger partial charge < -0.3 is 10.1 Å². The minimum absolute atomic E-state index is 0.343. The van der Waals surface area contributed by atoms with Crippen LogP contribution in [0.1, 0.15) is 40.6 Å². The van der Waals surface area contributed by atoms with Gasteiger partial charge in [-0.15, -0.1) is 11.3 Å². The van der Waals surface area contributed by atoms with Gasteiger partial charge in [-0.25, -0.2) is 14.8 Å². The summed E-state index contributed by atoms with van der Waals surface area (Å²) in [5.41, 5.74) is 3.06. The predicted octanol–water partition coefficient (Wildman–Crippen LogP) is 4.65. The Kier molecular flexibility index (Phi) is 4.49. The van der Waals surface area contributed by atoms with Crippen LogP contribution in [0.15, 0.2) is 30.6 Å². The van der Waals surface area contributed by atoms with Gasteiger partial charge in [0.25, 0.3) is 0 Å². The van der Waals surface area contributed by atoms with Gasteiger partial charge in [-0.2, -0.15) is 0 Å². The van der Waals surface area contributed by atoms with Crippen molar-refractivity contribution in [3.8, 4) is 0 Å². The van der Waals surface area contributed by atoms with Gasteiger partial charge in [0.1, 0.15) is 21.9 Å². The van der Waals surface area contributed by atoms with E-state index < -0.39 is 0 Å². The number of para-hydroxylation sites is 1. The molecule has 0 amide bonds. The number of methoxy groups -OCH3 is 1. The van der Waals surface area contributed by atoms with Crippen molar-refractivity contribution < 1.29 is 9.53 Å². The van der Waals surface area contributed by atoms with E-state index in [1.165, 1.54) is 30.3 Å². The third-order valence-corrected chi connectivity index (χ3v) is 5.11. The molecule has 2 heterocycles. The van der Waals surface area contributed by atoms with Crippen LogP contribution >= 0.6 is 11.3 Å². The van der Waals surface area contributed by atoms with Crippen LogP contribution in [-0.2, 0) is 4.74 Å². The second-order valence-electron chi connectivity index (χ2n) is 5.82. The summed E-state index contributed by atoms with van der Waals surface area (Å²) in [5.74, 6) is 0.751. The maximum Gasteiger partial charge on any atom is 0.348 e. The SMILES string of the molecule is COC(=O)c1sc2ncnc(Nc3ccccc3C(C)C)c2c1C. The van der Waals surface area contributed by atoms with E-state index in [1.807, 2.05) is 25.1 Å². The first-order valence-electron chi connectivity index (χ1n) is 7.71. The molecule has 0 spiro atoms. The second-order valence-corrected chi connectivity index (χ2v) is 6.82. The lowest BCUT2D eigenvalue weighted by atomic mass is 10.0. The Morgan fingerprint density at radius 2 is 2.00 bits per heavy atom. The molecule has 124 valence electrons. The maximum atomic E-state index is 11.9. The molecule has 0 aliphatic rings. The number of rotatable bonds is 4. The van der Waals surface area contributed by atoms with Gasteiger partial charge in [0.05, 0.1) is 12.5 Å². The molecule has 2 aromatic heterocycles. The van der Waals surface area contributed by atoms with E-state index in [9.17, 15) is 4.79 Å². The zero-order chi connectivity index (χ0) is 17.3. The quantitative estimate of drug-likeness (QED) is 0.700. The number of esters is 1. The number of benzene rings is 1. The Morgan fingerprint density at radius 3 is 2.71 bits per heavy atom. The van der Waals surface area contributed by atoms with E-state index in [4.69, 9.17) is 4.74 Å². The zero-order valence-corrected chi connectivity index (χ0v) is 14.9. The van der Waals surface area contributed by atoms with Crippen molar-refractivity contribution in [2.24, 2.45) is 0 Å². The van der Waals surface area contributed by atoms with E-state index in [-0.39, 0.29) is 5.97 Å². The Balaban J connectivity index is 2.11. The predicted molar refractivity (Wildman–Crippen MR) is 97.3 cm³/mol. The maximum absolute atomic E-state index is 11.9. The molecule has 0 unspecified atom stereocenters. The number of carbonyl (C=O) groups is 1. The van der Waals surface area contributed by atoms with Crippen molar-refractivity contribution >= 4 is 39.0 Å². The van der Waals surface area contributed by atoms with Crippen LogP contribution in [0.25, 0.3) is 10.2 Å². The first-order chi connectivity index (χ1) is 11.5. The molecule has 3 aromatic rings. The highest BCUT2D eigenvalue weighted by Crippen LogP contribution is 2.36. The third kappa shape index (κ3) is 2.85. The smallest absolute Gasteiger partial charge is 0.348 e. The molecule has 0 saturated carbocycles. The average Bonchev–Trinajstić information content (AvgIpc) is 2.92. The summed E-state index contributed by atoms with van der Waals surface area (Å²) in [7, 11) is 1.38. The number of fused-ring (bicyclic) bond motifs is 1. The Hall–Kier alpha value is -2.47. The first-order valence-corrected chi connectivity index (χ1v) is 8.53. The Bertz CT molecular complexity index is 902. The van der Waals surface area contributed by atoms with E-state index in [2.05, 4.69) is 35.2 Å². The summed E-state index contributed by atoms with van der Waals surface area (Å²) < 4.78 is 4.86. The fraction of sp³-hybridized carbons (Fsp3) is 0.278. The molecule has 6 heteroatoms. The summed E-state index contributed by atoms with van der Waals surface area (Å²) in [5, 5.41) is 4.27. The highest BCUT2D eigenvalue weighted by atomic mass is 32.1. The number of nitrogens with one attached hydrogen (secondary N) is 1. The van der Waals surface area contributed by atoms with E-state index in [0.29, 0.717) is 16.6 Å². The van der Waals surface area contributed by atoms with Crippen molar-refractivity contribution in [3.05, 3.63) is 46.6 Å². The monoisotopic (exact) mass is 341 g/mol. The number of ether oxygens (including phenoxy) is 1. The van der Waals surface area contributed by atoms with Gasteiger partial charge in [-0.05, 0) is 30.0 Å². The van der Waals surface area contributed by atoms with Crippen LogP contribution in [0.3, 0.4) is 0 Å². The van der Waals surface area contributed by atoms with E-state index >= 15 is 0 Å². The van der Waals surface area contributed by atoms with Crippen LogP contribution < -0.4 is 5.32 Å². The standard InChI is InChI=1S/C18H19N3O2S/c1-10(2)12-7-5-6-8-13(12)21-16-14-11(3)15(18(22)23-4)24-17(14)20-9-19-16/h5-10H,1-4H3,(H,19,20,21). The van der Waals surface area contributed by atoms with Crippen LogP contribution in [0, 0.1) is 6.92 Å². The van der Waals surface area contributed by atoms with Gasteiger partial charge in [0.15, 0.2) is 0 Å². The van der Waals surface area contributed by atoms with Crippen molar-refractivity contribution in [2.75, 3.05) is 12.4 Å². The van der Waals surface area contributed by atoms with Gasteiger partial charge >= 0.3 is 5.97 Å². The minimum Gasteiger partial charge on any atom is -0.465 e. The molecular weight excluding hydrogens is 322 g/mol. The molecule has 0 atom stereocenters. The number of aromatic nitrogens is 2. The van der Waals surface area contributed by atoms with Crippen LogP contribution in [0.4, 0.5) is 11.5 Å². The molecule has 24 heavy (non-hydrogen) atoms. The second kappa shape index (κ2) is 6.57. The van der Waals surface area contributed by atoms with Crippen LogP contribution in [-0.4, -0.2) is 23.0 Å². The first kappa shape index (κ1) is 16.4. The zero-order valence-electron chi connectivity index (χ0n) is 14.1. The molecule has 0 aliphatic carbocycles. The normalized spacial score (nSPS) is 11.0. The van der Waals surface area contributed by atoms with Gasteiger partial charge in [-0.1, -0.05) is 32.0 Å². The topological polar surface area (TPSA) is 64.1 Å². The van der Waals surface area contributed by atoms with Crippen LogP contribution in [0.5, 0.6) is 0 Å². The number of hydrogen-bond donors (Lipinski definition) is 1. The van der Waals surface area contributed by atoms with E-state index in [0.717, 1.165) is 21.5 Å². The minimum atomic E-state index is -0.343. The average molecular weight is 341 g/mol. The lowest BCUT2D eigenvalue weighted by Crippen LogP contribution is -2.01. The highest BCUT2D eigenvalue weighted by molar-refractivity contribution is 7.20. The van der Waals surface area contributed by atoms with Crippen LogP contribution in [0.2, 0.25) is 0 Å². The molecular formula is C18H19N3O2S. The number of anilines is 2. The molecule has 1 aromatic carbocycles. The fourth-order valence-corrected chi connectivity index (χ4v) is 3.76. The number of hydrogen-bond acceptors (Lipinski definition) is 6. The summed E-state index contributed by atoms with van der Waals surface area (Å²) in [6.45, 7) is 6.20. The fourth-order valence-electron chi connectivity index (χ4n) is 2.70. The Labute approximate surface area is 144 Å². The van der Waals surface area contributed by atoms with Crippen molar-refractivity contribution in [3.63, 3.8) is 0 Å². The van der Waals surface area contributed by atoms with Crippen molar-refractivity contribution in [2.45, 2.75) is 26.7 Å². The lowest BCUT2D eigenvalue weighted by molar-refractivity contribution is 0.0605. The molecule has 0 saturated heterocycles. The van der Waals surface area contributed by atoms with Crippen molar-refractivity contribution in [1.29, 1.82) is 0 Å². The van der Waals surface area contributed by atoms with Gasteiger partial charge in [-0.3, -0.25) is 0 Å². The summed E-state index contributed by atoms with van der Waals surface area (Å²) in [6.07, 6.45) is 1.51. The summed E-state index contributed by atoms with van der Waals surface area (Å²) >= 11 is 1.33. The summed E-state index contributed by atoms with van der Waals surface area (Å²) in [4.78, 5) is 22.0. The third-order valence-electron chi connectivity index (χ3n) is 3.93. The van der Waals surface area contributed by atoms with Gasteiger partial charge in [0.2, 0.25) is 0 Å². The highest BCUT2D eigenvalue weighted by Gasteiger charge is 2.20. The molecule has 0 bridgehead atoms. The molecule has 0 aliphatic heterocycles. The largest absolute Gasteiger partial charge is 0.465 e. The molecule has 0 fully saturated rings. The molecule has 3 rings (SSSR count). The Morgan fingerprint density at radius 1 is 1.25 bits per heavy atom. The number of nitrogens with zero attached hydrogens (tertiary/aromatic N) is 2. The lowest BCUT2D eigenvalue weighted by Gasteiger charge is -2.14. The number of thiophene rings is 1. The molecule has 1 N–H and O–H groups in total. The van der Waals surface area contributed by atoms with E-state index in [1.54, 1.807) is 0 Å². The summed E-state index contributed by atoms with van der Waals surface area (Å²) in [6, 6.07) is 8.16.